The van der Waals surface area contributed by atoms with Gasteiger partial charge < -0.3 is 10.2 Å². The average molecular weight is 263 g/mol. The topological polar surface area (TPSA) is 28.2 Å². The fraction of sp³-hybridized carbons (Fsp3) is 0.688. The van der Waals surface area contributed by atoms with Gasteiger partial charge >= 0.3 is 0 Å². The molecule has 0 spiro atoms. The second-order valence-electron chi connectivity index (χ2n) is 5.69. The van der Waals surface area contributed by atoms with Crippen LogP contribution in [-0.2, 0) is 6.54 Å². The molecule has 0 saturated heterocycles. The lowest BCUT2D eigenvalue weighted by molar-refractivity contribution is 0.585. The predicted octanol–water partition coefficient (Wildman–Crippen LogP) is 3.43. The van der Waals surface area contributed by atoms with Crippen molar-refractivity contribution >= 4 is 5.82 Å². The van der Waals surface area contributed by atoms with Crippen LogP contribution in [-0.4, -0.2) is 24.6 Å². The Morgan fingerprint density at radius 2 is 2.00 bits per heavy atom. The highest BCUT2D eigenvalue weighted by Gasteiger charge is 2.12. The minimum Gasteiger partial charge on any atom is -0.359 e. The summed E-state index contributed by atoms with van der Waals surface area (Å²) in [4.78, 5) is 7.04. The molecule has 1 heterocycles. The Morgan fingerprint density at radius 3 is 2.58 bits per heavy atom. The Morgan fingerprint density at radius 1 is 1.32 bits per heavy atom. The fourth-order valence-corrected chi connectivity index (χ4v) is 2.19. The van der Waals surface area contributed by atoms with Crippen LogP contribution in [0.25, 0.3) is 0 Å². The zero-order chi connectivity index (χ0) is 14.4. The Kier molecular flexibility index (Phi) is 6.29. The molecule has 0 unspecified atom stereocenters. The molecule has 0 radical (unpaired) electrons. The van der Waals surface area contributed by atoms with E-state index in [2.05, 4.69) is 57.9 Å². The number of hydrogen-bond acceptors (Lipinski definition) is 3. The normalized spacial score (nSPS) is 11.1. The van der Waals surface area contributed by atoms with Crippen molar-refractivity contribution in [3.8, 4) is 0 Å². The molecule has 1 aromatic rings. The van der Waals surface area contributed by atoms with Crippen LogP contribution in [0.1, 0.15) is 50.4 Å². The minimum absolute atomic E-state index is 0.495. The molecule has 1 N–H and O–H groups in total. The summed E-state index contributed by atoms with van der Waals surface area (Å²) in [7, 11) is 2.15. The van der Waals surface area contributed by atoms with Crippen LogP contribution in [0.5, 0.6) is 0 Å². The van der Waals surface area contributed by atoms with Crippen molar-refractivity contribution in [3.05, 3.63) is 22.9 Å². The Hall–Kier alpha value is -1.09. The smallest absolute Gasteiger partial charge is 0.133 e. The van der Waals surface area contributed by atoms with Crippen molar-refractivity contribution in [2.75, 3.05) is 18.5 Å². The first-order valence-corrected chi connectivity index (χ1v) is 7.37. The van der Waals surface area contributed by atoms with Crippen molar-refractivity contribution in [2.24, 2.45) is 0 Å². The molecule has 0 aliphatic carbocycles. The zero-order valence-corrected chi connectivity index (χ0v) is 13.4. The van der Waals surface area contributed by atoms with Gasteiger partial charge in [0.15, 0.2) is 0 Å². The van der Waals surface area contributed by atoms with E-state index in [1.165, 1.54) is 24.0 Å². The summed E-state index contributed by atoms with van der Waals surface area (Å²) in [5.74, 6) is 1.14. The molecular formula is C16H29N3. The first-order chi connectivity index (χ1) is 8.95. The molecule has 0 aromatic carbocycles. The van der Waals surface area contributed by atoms with Gasteiger partial charge in [-0.2, -0.15) is 0 Å². The molecule has 3 heteroatoms. The molecule has 0 fully saturated rings. The van der Waals surface area contributed by atoms with Crippen molar-refractivity contribution in [3.63, 3.8) is 0 Å². The first-order valence-electron chi connectivity index (χ1n) is 7.37. The van der Waals surface area contributed by atoms with E-state index in [9.17, 15) is 0 Å². The quantitative estimate of drug-likeness (QED) is 0.817. The van der Waals surface area contributed by atoms with E-state index >= 15 is 0 Å². The van der Waals surface area contributed by atoms with Gasteiger partial charge in [-0.25, -0.2) is 4.98 Å². The van der Waals surface area contributed by atoms with Gasteiger partial charge in [0.1, 0.15) is 5.82 Å². The second-order valence-corrected chi connectivity index (χ2v) is 5.69. The lowest BCUT2D eigenvalue weighted by atomic mass is 10.1. The van der Waals surface area contributed by atoms with E-state index in [4.69, 9.17) is 4.98 Å². The van der Waals surface area contributed by atoms with Crippen molar-refractivity contribution in [2.45, 2.75) is 60.0 Å². The molecule has 0 aliphatic heterocycles. The van der Waals surface area contributed by atoms with E-state index in [1.54, 1.807) is 0 Å². The number of anilines is 1. The van der Waals surface area contributed by atoms with Gasteiger partial charge in [-0.05, 0) is 31.9 Å². The number of aryl methyl sites for hydroxylation is 2. The number of rotatable bonds is 7. The Balaban J connectivity index is 2.98. The molecule has 108 valence electrons. The van der Waals surface area contributed by atoms with E-state index in [-0.39, 0.29) is 0 Å². The van der Waals surface area contributed by atoms with Gasteiger partial charge in [0, 0.05) is 37.4 Å². The molecule has 0 atom stereocenters. The van der Waals surface area contributed by atoms with Crippen molar-refractivity contribution < 1.29 is 0 Å². The maximum absolute atomic E-state index is 4.75. The molecule has 0 amide bonds. The van der Waals surface area contributed by atoms with Crippen LogP contribution in [0, 0.1) is 13.8 Å². The Labute approximate surface area is 118 Å². The fourth-order valence-electron chi connectivity index (χ4n) is 2.19. The highest BCUT2D eigenvalue weighted by Crippen LogP contribution is 2.22. The lowest BCUT2D eigenvalue weighted by Gasteiger charge is -2.24. The van der Waals surface area contributed by atoms with Gasteiger partial charge in [-0.15, -0.1) is 0 Å². The maximum atomic E-state index is 4.75. The summed E-state index contributed by atoms with van der Waals surface area (Å²) >= 11 is 0. The molecule has 0 bridgehead atoms. The van der Waals surface area contributed by atoms with Gasteiger partial charge in [0.05, 0.1) is 0 Å². The molecule has 0 saturated carbocycles. The molecule has 19 heavy (non-hydrogen) atoms. The summed E-state index contributed by atoms with van der Waals surface area (Å²) in [5.41, 5.74) is 3.76. The summed E-state index contributed by atoms with van der Waals surface area (Å²) < 4.78 is 0. The first kappa shape index (κ1) is 16.0. The number of nitrogens with one attached hydrogen (secondary N) is 1. The van der Waals surface area contributed by atoms with Gasteiger partial charge in [0.25, 0.3) is 0 Å². The second kappa shape index (κ2) is 7.49. The molecule has 3 nitrogen and oxygen atoms in total. The monoisotopic (exact) mass is 263 g/mol. The van der Waals surface area contributed by atoms with E-state index in [0.717, 1.165) is 24.6 Å². The standard InChI is InChI=1S/C16H29N3/c1-7-8-9-19(6)16-15(11-17-12(2)3)13(4)10-14(5)18-16/h10,12,17H,7-9,11H2,1-6H3. The molecule has 1 rings (SSSR count). The van der Waals surface area contributed by atoms with Gasteiger partial charge in [0.2, 0.25) is 0 Å². The highest BCUT2D eigenvalue weighted by atomic mass is 15.2. The SMILES string of the molecule is CCCCN(C)c1nc(C)cc(C)c1CNC(C)C. The highest BCUT2D eigenvalue weighted by molar-refractivity contribution is 5.51. The van der Waals surface area contributed by atoms with Crippen LogP contribution in [0.4, 0.5) is 5.82 Å². The largest absolute Gasteiger partial charge is 0.359 e. The predicted molar refractivity (Wildman–Crippen MR) is 83.9 cm³/mol. The summed E-state index contributed by atoms with van der Waals surface area (Å²) in [6.45, 7) is 12.8. The van der Waals surface area contributed by atoms with Crippen LogP contribution >= 0.6 is 0 Å². The molecule has 1 aromatic heterocycles. The maximum Gasteiger partial charge on any atom is 0.133 e. The van der Waals surface area contributed by atoms with E-state index in [0.29, 0.717) is 6.04 Å². The van der Waals surface area contributed by atoms with Gasteiger partial charge in [-0.3, -0.25) is 0 Å². The molecule has 0 aliphatic rings. The number of pyridine rings is 1. The summed E-state index contributed by atoms with van der Waals surface area (Å²) in [6.07, 6.45) is 2.43. The number of hydrogen-bond donors (Lipinski definition) is 1. The van der Waals surface area contributed by atoms with Crippen LogP contribution in [0.2, 0.25) is 0 Å². The van der Waals surface area contributed by atoms with Gasteiger partial charge in [-0.1, -0.05) is 27.2 Å². The third kappa shape index (κ3) is 4.83. The van der Waals surface area contributed by atoms with E-state index < -0.39 is 0 Å². The zero-order valence-electron chi connectivity index (χ0n) is 13.4. The van der Waals surface area contributed by atoms with Crippen molar-refractivity contribution in [1.29, 1.82) is 0 Å². The number of unbranched alkanes of at least 4 members (excludes halogenated alkanes) is 1. The number of aromatic nitrogens is 1. The van der Waals surface area contributed by atoms with Crippen LogP contribution < -0.4 is 10.2 Å². The third-order valence-electron chi connectivity index (χ3n) is 3.35. The van der Waals surface area contributed by atoms with Crippen LogP contribution in [0.15, 0.2) is 6.07 Å². The van der Waals surface area contributed by atoms with Crippen molar-refractivity contribution in [1.82, 2.24) is 10.3 Å². The van der Waals surface area contributed by atoms with E-state index in [1.807, 2.05) is 0 Å². The minimum atomic E-state index is 0.495. The number of nitrogens with zero attached hydrogens (tertiary/aromatic N) is 2. The summed E-state index contributed by atoms with van der Waals surface area (Å²) in [5, 5.41) is 3.51. The third-order valence-corrected chi connectivity index (χ3v) is 3.35. The molecular weight excluding hydrogens is 234 g/mol. The average Bonchev–Trinajstić information content (AvgIpc) is 2.33. The lowest BCUT2D eigenvalue weighted by Crippen LogP contribution is -2.27. The Bertz CT molecular complexity index is 399. The van der Waals surface area contributed by atoms with Crippen LogP contribution in [0.3, 0.4) is 0 Å². The summed E-state index contributed by atoms with van der Waals surface area (Å²) in [6, 6.07) is 2.67.